The number of nitrogen functional groups attached to an aromatic ring is 1. The Morgan fingerprint density at radius 3 is 2.82 bits per heavy atom. The summed E-state index contributed by atoms with van der Waals surface area (Å²) in [6.45, 7) is 3.85. The van der Waals surface area contributed by atoms with Crippen molar-refractivity contribution in [1.82, 2.24) is 9.97 Å². The highest BCUT2D eigenvalue weighted by molar-refractivity contribution is 5.40. The molecule has 0 radical (unpaired) electrons. The third-order valence-electron chi connectivity index (χ3n) is 2.49. The van der Waals surface area contributed by atoms with Crippen LogP contribution < -0.4 is 10.5 Å². The quantitative estimate of drug-likeness (QED) is 0.866. The molecule has 17 heavy (non-hydrogen) atoms. The molecule has 0 aliphatic heterocycles. The average Bonchev–Trinajstić information content (AvgIpc) is 2.30. The van der Waals surface area contributed by atoms with Crippen LogP contribution in [0.4, 0.5) is 10.3 Å². The first-order chi connectivity index (χ1) is 8.08. The molecule has 0 fully saturated rings. The summed E-state index contributed by atoms with van der Waals surface area (Å²) in [7, 11) is 0. The molecule has 0 spiro atoms. The van der Waals surface area contributed by atoms with Gasteiger partial charge in [-0.2, -0.15) is 9.37 Å². The Labute approximate surface area is 98.3 Å². The van der Waals surface area contributed by atoms with Gasteiger partial charge in [0.25, 0.3) is 5.88 Å². The zero-order chi connectivity index (χ0) is 12.4. The Morgan fingerprint density at radius 1 is 1.29 bits per heavy atom. The van der Waals surface area contributed by atoms with Crippen LogP contribution in [0, 0.1) is 19.7 Å². The van der Waals surface area contributed by atoms with Crippen LogP contribution in [0.25, 0.3) is 0 Å². The number of anilines is 1. The first-order valence-corrected chi connectivity index (χ1v) is 5.10. The minimum absolute atomic E-state index is 0.0216. The van der Waals surface area contributed by atoms with Gasteiger partial charge in [-0.1, -0.05) is 12.1 Å². The van der Waals surface area contributed by atoms with Crippen LogP contribution in [0.1, 0.15) is 11.1 Å². The van der Waals surface area contributed by atoms with E-state index >= 15 is 0 Å². The Hall–Kier alpha value is -2.17. The highest BCUT2D eigenvalue weighted by Crippen LogP contribution is 2.27. The highest BCUT2D eigenvalue weighted by atomic mass is 19.1. The minimum Gasteiger partial charge on any atom is -0.436 e. The van der Waals surface area contributed by atoms with Crippen LogP contribution in [-0.4, -0.2) is 9.97 Å². The molecule has 4 nitrogen and oxygen atoms in total. The molecule has 1 aromatic heterocycles. The summed E-state index contributed by atoms with van der Waals surface area (Å²) >= 11 is 0. The van der Waals surface area contributed by atoms with Crippen LogP contribution in [0.15, 0.2) is 24.4 Å². The lowest BCUT2D eigenvalue weighted by atomic mass is 10.1. The number of aryl methyl sites for hydroxylation is 1. The molecule has 2 N–H and O–H groups in total. The van der Waals surface area contributed by atoms with Gasteiger partial charge in [0, 0.05) is 0 Å². The van der Waals surface area contributed by atoms with Gasteiger partial charge in [-0.25, -0.2) is 4.98 Å². The average molecular weight is 233 g/mol. The number of ether oxygens (including phenoxy) is 1. The molecule has 0 aliphatic carbocycles. The van der Waals surface area contributed by atoms with Crippen molar-refractivity contribution in [1.29, 1.82) is 0 Å². The van der Waals surface area contributed by atoms with Crippen molar-refractivity contribution in [3.05, 3.63) is 41.3 Å². The molecule has 1 heterocycles. The van der Waals surface area contributed by atoms with Gasteiger partial charge in [-0.3, -0.25) is 0 Å². The van der Waals surface area contributed by atoms with Gasteiger partial charge in [0.1, 0.15) is 5.75 Å². The van der Waals surface area contributed by atoms with Crippen LogP contribution in [-0.2, 0) is 0 Å². The summed E-state index contributed by atoms with van der Waals surface area (Å²) in [6.07, 6.45) is 0.989. The Balaban J connectivity index is 2.38. The smallest absolute Gasteiger partial charge is 0.260 e. The van der Waals surface area contributed by atoms with E-state index in [4.69, 9.17) is 10.5 Å². The van der Waals surface area contributed by atoms with Crippen molar-refractivity contribution in [3.63, 3.8) is 0 Å². The minimum atomic E-state index is -0.639. The van der Waals surface area contributed by atoms with Gasteiger partial charge in [-0.15, -0.1) is 0 Å². The third kappa shape index (κ3) is 2.33. The fourth-order valence-electron chi connectivity index (χ4n) is 1.37. The number of hydrogen-bond donors (Lipinski definition) is 1. The third-order valence-corrected chi connectivity index (χ3v) is 2.49. The maximum Gasteiger partial charge on any atom is 0.260 e. The predicted octanol–water partition coefficient (Wildman–Crippen LogP) is 2.61. The van der Waals surface area contributed by atoms with Crippen LogP contribution in [0.2, 0.25) is 0 Å². The van der Waals surface area contributed by atoms with Gasteiger partial charge in [-0.05, 0) is 31.0 Å². The zero-order valence-corrected chi connectivity index (χ0v) is 9.57. The lowest BCUT2D eigenvalue weighted by Crippen LogP contribution is -2.00. The van der Waals surface area contributed by atoms with Crippen molar-refractivity contribution in [2.24, 2.45) is 0 Å². The van der Waals surface area contributed by atoms with Gasteiger partial charge in [0.15, 0.2) is 0 Å². The van der Waals surface area contributed by atoms with E-state index in [0.717, 1.165) is 17.3 Å². The summed E-state index contributed by atoms with van der Waals surface area (Å²) in [6, 6.07) is 5.53. The van der Waals surface area contributed by atoms with Gasteiger partial charge >= 0.3 is 0 Å². The second-order valence-corrected chi connectivity index (χ2v) is 3.68. The molecule has 88 valence electrons. The summed E-state index contributed by atoms with van der Waals surface area (Å²) in [4.78, 5) is 7.24. The molecule has 0 bridgehead atoms. The van der Waals surface area contributed by atoms with E-state index in [-0.39, 0.29) is 11.8 Å². The number of nitrogens with two attached hydrogens (primary N) is 1. The number of hydrogen-bond acceptors (Lipinski definition) is 4. The fourth-order valence-corrected chi connectivity index (χ4v) is 1.37. The van der Waals surface area contributed by atoms with Crippen molar-refractivity contribution in [2.45, 2.75) is 13.8 Å². The standard InChI is InChI=1S/C12H12FN3O/c1-7-4-3-5-10(8(7)2)17-11-9(13)6-15-12(14)16-11/h3-6H,1-2H3,(H2,14,15,16). The van der Waals surface area contributed by atoms with E-state index in [1.165, 1.54) is 0 Å². The molecule has 0 aliphatic rings. The van der Waals surface area contributed by atoms with Crippen molar-refractivity contribution in [2.75, 3.05) is 5.73 Å². The van der Waals surface area contributed by atoms with E-state index < -0.39 is 5.82 Å². The van der Waals surface area contributed by atoms with Crippen LogP contribution in [0.5, 0.6) is 11.6 Å². The second kappa shape index (κ2) is 4.37. The monoisotopic (exact) mass is 233 g/mol. The Kier molecular flexibility index (Phi) is 2.91. The molecule has 0 atom stereocenters. The summed E-state index contributed by atoms with van der Waals surface area (Å²) < 4.78 is 18.8. The van der Waals surface area contributed by atoms with Crippen LogP contribution in [0.3, 0.4) is 0 Å². The largest absolute Gasteiger partial charge is 0.436 e. The molecule has 2 rings (SSSR count). The molecule has 5 heteroatoms. The number of benzene rings is 1. The molecule has 0 amide bonds. The van der Waals surface area contributed by atoms with Gasteiger partial charge in [0.05, 0.1) is 6.20 Å². The van der Waals surface area contributed by atoms with Crippen molar-refractivity contribution < 1.29 is 9.13 Å². The number of aromatic nitrogens is 2. The summed E-state index contributed by atoms with van der Waals surface area (Å²) in [5.41, 5.74) is 7.37. The number of rotatable bonds is 2. The molecular weight excluding hydrogens is 221 g/mol. The molecule has 0 unspecified atom stereocenters. The Bertz CT molecular complexity index is 557. The molecular formula is C12H12FN3O. The van der Waals surface area contributed by atoms with E-state index in [2.05, 4.69) is 9.97 Å². The van der Waals surface area contributed by atoms with Gasteiger partial charge < -0.3 is 10.5 Å². The van der Waals surface area contributed by atoms with Crippen molar-refractivity contribution in [3.8, 4) is 11.6 Å². The fraction of sp³-hybridized carbons (Fsp3) is 0.167. The van der Waals surface area contributed by atoms with Gasteiger partial charge in [0.2, 0.25) is 11.8 Å². The van der Waals surface area contributed by atoms with E-state index in [0.29, 0.717) is 5.75 Å². The first-order valence-electron chi connectivity index (χ1n) is 5.10. The van der Waals surface area contributed by atoms with Crippen molar-refractivity contribution >= 4 is 5.95 Å². The Morgan fingerprint density at radius 2 is 2.06 bits per heavy atom. The molecule has 0 saturated heterocycles. The molecule has 2 aromatic rings. The maximum atomic E-state index is 13.4. The zero-order valence-electron chi connectivity index (χ0n) is 9.57. The predicted molar refractivity (Wildman–Crippen MR) is 62.4 cm³/mol. The highest BCUT2D eigenvalue weighted by Gasteiger charge is 2.10. The second-order valence-electron chi connectivity index (χ2n) is 3.68. The van der Waals surface area contributed by atoms with Crippen LogP contribution >= 0.6 is 0 Å². The molecule has 1 aromatic carbocycles. The van der Waals surface area contributed by atoms with E-state index in [1.54, 1.807) is 6.07 Å². The molecule has 0 saturated carbocycles. The lowest BCUT2D eigenvalue weighted by Gasteiger charge is -2.10. The summed E-state index contributed by atoms with van der Waals surface area (Å²) in [5.74, 6) is -0.264. The first kappa shape index (κ1) is 11.3. The maximum absolute atomic E-state index is 13.4. The summed E-state index contributed by atoms with van der Waals surface area (Å²) in [5, 5.41) is 0. The number of halogens is 1. The SMILES string of the molecule is Cc1cccc(Oc2nc(N)ncc2F)c1C. The lowest BCUT2D eigenvalue weighted by molar-refractivity contribution is 0.418. The van der Waals surface area contributed by atoms with E-state index in [1.807, 2.05) is 26.0 Å². The van der Waals surface area contributed by atoms with E-state index in [9.17, 15) is 4.39 Å². The normalized spacial score (nSPS) is 10.3. The topological polar surface area (TPSA) is 61.0 Å². The number of nitrogens with zero attached hydrogens (tertiary/aromatic N) is 2.